The Labute approximate surface area is 233 Å². The standard InChI is InChI=1S/C31H35N3O6/c1-31(2,3)40-29(37)33-14-8-9-21(18-33)34(17-20-15-27(28(35)36)32-16-20)30(38)39-19-26-24-12-6-4-10-22(24)23-11-5-7-13-25(23)26/h4-7,10-13,15-16,21,26,32H,8-9,14,17-19H2,1-3H3,(H,35,36). The third-order valence-electron chi connectivity index (χ3n) is 7.39. The Hall–Kier alpha value is -4.27. The van der Waals surface area contributed by atoms with Crippen molar-refractivity contribution in [3.63, 3.8) is 0 Å². The van der Waals surface area contributed by atoms with Crippen LogP contribution in [0.5, 0.6) is 0 Å². The van der Waals surface area contributed by atoms with Crippen LogP contribution in [-0.2, 0) is 16.0 Å². The minimum Gasteiger partial charge on any atom is -0.477 e. The van der Waals surface area contributed by atoms with Gasteiger partial charge in [0.1, 0.15) is 17.9 Å². The van der Waals surface area contributed by atoms with Crippen molar-refractivity contribution >= 4 is 18.2 Å². The van der Waals surface area contributed by atoms with Gasteiger partial charge in [-0.25, -0.2) is 14.4 Å². The molecule has 1 unspecified atom stereocenters. The number of carbonyl (C=O) groups excluding carboxylic acids is 2. The van der Waals surface area contributed by atoms with E-state index in [4.69, 9.17) is 9.47 Å². The summed E-state index contributed by atoms with van der Waals surface area (Å²) in [6, 6.07) is 17.5. The number of nitrogens with one attached hydrogen (secondary N) is 1. The van der Waals surface area contributed by atoms with Gasteiger partial charge in [0.2, 0.25) is 0 Å². The summed E-state index contributed by atoms with van der Waals surface area (Å²) in [5, 5.41) is 9.35. The van der Waals surface area contributed by atoms with E-state index >= 15 is 0 Å². The van der Waals surface area contributed by atoms with Gasteiger partial charge < -0.3 is 24.5 Å². The molecule has 5 rings (SSSR count). The molecule has 1 atom stereocenters. The van der Waals surface area contributed by atoms with Crippen LogP contribution in [0.3, 0.4) is 0 Å². The molecule has 9 nitrogen and oxygen atoms in total. The Morgan fingerprint density at radius 2 is 1.70 bits per heavy atom. The van der Waals surface area contributed by atoms with Gasteiger partial charge in [0.15, 0.2) is 0 Å². The van der Waals surface area contributed by atoms with Crippen molar-refractivity contribution in [3.8, 4) is 11.1 Å². The van der Waals surface area contributed by atoms with E-state index in [0.29, 0.717) is 31.5 Å². The van der Waals surface area contributed by atoms with Crippen LogP contribution in [0.1, 0.15) is 66.7 Å². The number of ether oxygens (including phenoxy) is 2. The quantitative estimate of drug-likeness (QED) is 0.401. The molecule has 0 saturated carbocycles. The van der Waals surface area contributed by atoms with Gasteiger partial charge in [-0.3, -0.25) is 4.90 Å². The number of likely N-dealkylation sites (tertiary alicyclic amines) is 1. The van der Waals surface area contributed by atoms with Crippen molar-refractivity contribution < 1.29 is 29.0 Å². The van der Waals surface area contributed by atoms with Gasteiger partial charge in [-0.2, -0.15) is 0 Å². The number of aromatic carboxylic acids is 1. The lowest BCUT2D eigenvalue weighted by molar-refractivity contribution is 0.00798. The van der Waals surface area contributed by atoms with Crippen LogP contribution in [0, 0.1) is 0 Å². The molecular weight excluding hydrogens is 510 g/mol. The normalized spacial score (nSPS) is 16.7. The van der Waals surface area contributed by atoms with Crippen molar-refractivity contribution in [2.45, 2.75) is 57.7 Å². The van der Waals surface area contributed by atoms with E-state index in [1.807, 2.05) is 45.0 Å². The fourth-order valence-corrected chi connectivity index (χ4v) is 5.57. The lowest BCUT2D eigenvalue weighted by Crippen LogP contribution is -2.52. The Morgan fingerprint density at radius 1 is 1.05 bits per heavy atom. The third kappa shape index (κ3) is 5.83. The smallest absolute Gasteiger partial charge is 0.410 e. The van der Waals surface area contributed by atoms with E-state index in [1.165, 1.54) is 6.07 Å². The molecule has 210 valence electrons. The molecule has 9 heteroatoms. The predicted octanol–water partition coefficient (Wildman–Crippen LogP) is 5.86. The second-order valence-electron chi connectivity index (χ2n) is 11.4. The zero-order valence-electron chi connectivity index (χ0n) is 23.1. The molecule has 2 N–H and O–H groups in total. The maximum absolute atomic E-state index is 13.7. The number of fused-ring (bicyclic) bond motifs is 3. The van der Waals surface area contributed by atoms with E-state index in [2.05, 4.69) is 29.2 Å². The first-order valence-corrected chi connectivity index (χ1v) is 13.6. The number of nitrogens with zero attached hydrogens (tertiary/aromatic N) is 2. The Bertz CT molecular complexity index is 1360. The molecule has 1 aromatic heterocycles. The second kappa shape index (κ2) is 11.1. The first kappa shape index (κ1) is 27.3. The summed E-state index contributed by atoms with van der Waals surface area (Å²) in [7, 11) is 0. The maximum atomic E-state index is 13.7. The number of hydrogen-bond acceptors (Lipinski definition) is 5. The van der Waals surface area contributed by atoms with Crippen molar-refractivity contribution in [3.05, 3.63) is 83.2 Å². The van der Waals surface area contributed by atoms with Gasteiger partial charge in [-0.05, 0) is 67.5 Å². The van der Waals surface area contributed by atoms with E-state index in [0.717, 1.165) is 22.3 Å². The van der Waals surface area contributed by atoms with Crippen LogP contribution in [0.15, 0.2) is 60.8 Å². The lowest BCUT2D eigenvalue weighted by Gasteiger charge is -2.39. The highest BCUT2D eigenvalue weighted by molar-refractivity contribution is 5.85. The number of benzene rings is 2. The minimum absolute atomic E-state index is 0.0431. The summed E-state index contributed by atoms with van der Waals surface area (Å²) >= 11 is 0. The first-order valence-electron chi connectivity index (χ1n) is 13.6. The summed E-state index contributed by atoms with van der Waals surface area (Å²) in [5.41, 5.74) is 4.58. The number of carboxylic acids is 1. The molecule has 1 aliphatic carbocycles. The SMILES string of the molecule is CC(C)(C)OC(=O)N1CCCC(N(Cc2c[nH]c(C(=O)O)c2)C(=O)OCC2c3ccccc3-c3ccccc32)C1. The van der Waals surface area contributed by atoms with E-state index in [-0.39, 0.29) is 30.8 Å². The predicted molar refractivity (Wildman–Crippen MR) is 149 cm³/mol. The first-order chi connectivity index (χ1) is 19.1. The van der Waals surface area contributed by atoms with Crippen LogP contribution >= 0.6 is 0 Å². The highest BCUT2D eigenvalue weighted by Crippen LogP contribution is 2.44. The molecule has 1 saturated heterocycles. The number of aromatic amines is 1. The molecule has 0 spiro atoms. The number of aromatic nitrogens is 1. The molecule has 2 amide bonds. The van der Waals surface area contributed by atoms with Crippen molar-refractivity contribution in [2.75, 3.05) is 19.7 Å². The molecule has 2 aromatic carbocycles. The Morgan fingerprint density at radius 3 is 2.30 bits per heavy atom. The van der Waals surface area contributed by atoms with Crippen molar-refractivity contribution in [1.82, 2.24) is 14.8 Å². The third-order valence-corrected chi connectivity index (χ3v) is 7.39. The number of carboxylic acid groups (broad SMARTS) is 1. The summed E-state index contributed by atoms with van der Waals surface area (Å²) in [5.74, 6) is -1.17. The number of hydrogen-bond donors (Lipinski definition) is 2. The van der Waals surface area contributed by atoms with Crippen molar-refractivity contribution in [1.29, 1.82) is 0 Å². The highest BCUT2D eigenvalue weighted by atomic mass is 16.6. The number of amides is 2. The monoisotopic (exact) mass is 545 g/mol. The lowest BCUT2D eigenvalue weighted by atomic mass is 9.98. The van der Waals surface area contributed by atoms with Gasteiger partial charge in [-0.1, -0.05) is 48.5 Å². The van der Waals surface area contributed by atoms with Crippen LogP contribution in [0.4, 0.5) is 9.59 Å². The number of piperidine rings is 1. The van der Waals surface area contributed by atoms with Gasteiger partial charge in [-0.15, -0.1) is 0 Å². The molecule has 0 bridgehead atoms. The molecule has 1 aliphatic heterocycles. The fraction of sp³-hybridized carbons (Fsp3) is 0.387. The summed E-state index contributed by atoms with van der Waals surface area (Å²) < 4.78 is 11.6. The van der Waals surface area contributed by atoms with Gasteiger partial charge in [0.05, 0.1) is 12.6 Å². The van der Waals surface area contributed by atoms with Gasteiger partial charge in [0, 0.05) is 25.2 Å². The topological polar surface area (TPSA) is 112 Å². The van der Waals surface area contributed by atoms with E-state index in [1.54, 1.807) is 16.0 Å². The van der Waals surface area contributed by atoms with E-state index in [9.17, 15) is 19.5 Å². The minimum atomic E-state index is -1.08. The zero-order chi connectivity index (χ0) is 28.4. The highest BCUT2D eigenvalue weighted by Gasteiger charge is 2.35. The van der Waals surface area contributed by atoms with Crippen LogP contribution in [0.25, 0.3) is 11.1 Å². The molecule has 3 aromatic rings. The average Bonchev–Trinajstić information content (AvgIpc) is 3.53. The van der Waals surface area contributed by atoms with Crippen LogP contribution in [-0.4, -0.2) is 69.4 Å². The Balaban J connectivity index is 1.36. The fourth-order valence-electron chi connectivity index (χ4n) is 5.57. The summed E-state index contributed by atoms with van der Waals surface area (Å²) in [6.45, 7) is 6.61. The largest absolute Gasteiger partial charge is 0.477 e. The number of carbonyl (C=O) groups is 3. The molecule has 2 aliphatic rings. The summed E-state index contributed by atoms with van der Waals surface area (Å²) in [4.78, 5) is 43.9. The summed E-state index contributed by atoms with van der Waals surface area (Å²) in [6.07, 6.45) is 2.04. The zero-order valence-corrected chi connectivity index (χ0v) is 23.1. The van der Waals surface area contributed by atoms with Crippen LogP contribution < -0.4 is 0 Å². The van der Waals surface area contributed by atoms with Crippen LogP contribution in [0.2, 0.25) is 0 Å². The Kier molecular flexibility index (Phi) is 7.56. The molecular formula is C31H35N3O6. The molecule has 1 fully saturated rings. The molecule has 0 radical (unpaired) electrons. The number of H-pyrrole nitrogens is 1. The van der Waals surface area contributed by atoms with E-state index < -0.39 is 23.8 Å². The number of rotatable bonds is 6. The maximum Gasteiger partial charge on any atom is 0.410 e. The van der Waals surface area contributed by atoms with Gasteiger partial charge in [0.25, 0.3) is 0 Å². The van der Waals surface area contributed by atoms with Crippen molar-refractivity contribution in [2.24, 2.45) is 0 Å². The second-order valence-corrected chi connectivity index (χ2v) is 11.4. The molecule has 40 heavy (non-hydrogen) atoms. The average molecular weight is 546 g/mol. The molecule has 2 heterocycles. The van der Waals surface area contributed by atoms with Gasteiger partial charge >= 0.3 is 18.2 Å².